The molecule has 0 unspecified atom stereocenters. The molecule has 2 aromatic rings. The molecular formula is C15H21N3O3. The average molecular weight is 291 g/mol. The van der Waals surface area contributed by atoms with Crippen LogP contribution in [0, 0.1) is 0 Å². The number of ether oxygens (including phenoxy) is 1. The number of hydrogen-bond donors (Lipinski definition) is 1. The minimum absolute atomic E-state index is 0.0230. The van der Waals surface area contributed by atoms with Crippen LogP contribution in [0.25, 0.3) is 11.2 Å². The summed E-state index contributed by atoms with van der Waals surface area (Å²) in [6, 6.07) is 1.55. The van der Waals surface area contributed by atoms with Crippen LogP contribution in [0.15, 0.2) is 23.4 Å². The molecule has 21 heavy (non-hydrogen) atoms. The maximum Gasteiger partial charge on any atom is 0.209 e. The van der Waals surface area contributed by atoms with E-state index in [1.54, 1.807) is 18.6 Å². The molecule has 0 aliphatic carbocycles. The van der Waals surface area contributed by atoms with Crippen molar-refractivity contribution >= 4 is 11.2 Å². The second-order valence-electron chi connectivity index (χ2n) is 6.52. The number of pyridine rings is 1. The Kier molecular flexibility index (Phi) is 3.37. The first kappa shape index (κ1) is 14.3. The Morgan fingerprint density at radius 1 is 1.43 bits per heavy atom. The topological polar surface area (TPSA) is 69.3 Å². The fraction of sp³-hybridized carbons (Fsp3) is 0.600. The van der Waals surface area contributed by atoms with Gasteiger partial charge in [-0.2, -0.15) is 0 Å². The van der Waals surface area contributed by atoms with Gasteiger partial charge < -0.3 is 14.4 Å². The van der Waals surface area contributed by atoms with E-state index in [2.05, 4.69) is 25.8 Å². The van der Waals surface area contributed by atoms with Gasteiger partial charge in [0.2, 0.25) is 5.43 Å². The van der Waals surface area contributed by atoms with Crippen LogP contribution < -0.4 is 5.43 Å². The van der Waals surface area contributed by atoms with Crippen LogP contribution in [0.3, 0.4) is 0 Å². The summed E-state index contributed by atoms with van der Waals surface area (Å²) in [5.74, 6) is 0. The molecule has 1 N–H and O–H groups in total. The van der Waals surface area contributed by atoms with Crippen molar-refractivity contribution in [2.75, 3.05) is 6.61 Å². The highest BCUT2D eigenvalue weighted by Gasteiger charge is 2.29. The van der Waals surface area contributed by atoms with E-state index in [1.165, 1.54) is 0 Å². The highest BCUT2D eigenvalue weighted by atomic mass is 16.5. The molecule has 1 saturated heterocycles. The fourth-order valence-electron chi connectivity index (χ4n) is 2.84. The molecule has 2 aromatic heterocycles. The van der Waals surface area contributed by atoms with Gasteiger partial charge in [-0.15, -0.1) is 0 Å². The summed E-state index contributed by atoms with van der Waals surface area (Å²) in [7, 11) is 0. The van der Waals surface area contributed by atoms with Gasteiger partial charge in [0.1, 0.15) is 11.9 Å². The predicted octanol–water partition coefficient (Wildman–Crippen LogP) is 1.62. The molecule has 0 amide bonds. The van der Waals surface area contributed by atoms with Crippen molar-refractivity contribution in [1.29, 1.82) is 0 Å². The molecule has 1 fully saturated rings. The maximum atomic E-state index is 12.0. The zero-order valence-electron chi connectivity index (χ0n) is 12.6. The van der Waals surface area contributed by atoms with Gasteiger partial charge >= 0.3 is 0 Å². The molecule has 0 radical (unpaired) electrons. The van der Waals surface area contributed by atoms with Crippen molar-refractivity contribution in [1.82, 2.24) is 14.1 Å². The third-order valence-corrected chi connectivity index (χ3v) is 3.93. The van der Waals surface area contributed by atoms with E-state index in [-0.39, 0.29) is 29.9 Å². The predicted molar refractivity (Wildman–Crippen MR) is 79.2 cm³/mol. The van der Waals surface area contributed by atoms with Crippen LogP contribution in [0.5, 0.6) is 0 Å². The van der Waals surface area contributed by atoms with E-state index in [0.29, 0.717) is 5.52 Å². The van der Waals surface area contributed by atoms with Gasteiger partial charge in [-0.3, -0.25) is 9.36 Å². The smallest absolute Gasteiger partial charge is 0.209 e. The summed E-state index contributed by atoms with van der Waals surface area (Å²) < 4.78 is 9.79. The van der Waals surface area contributed by atoms with Crippen molar-refractivity contribution in [2.24, 2.45) is 0 Å². The monoisotopic (exact) mass is 291 g/mol. The number of fused-ring (bicyclic) bond motifs is 1. The Morgan fingerprint density at radius 2 is 2.19 bits per heavy atom. The average Bonchev–Trinajstić information content (AvgIpc) is 3.03. The molecule has 6 heteroatoms. The summed E-state index contributed by atoms with van der Waals surface area (Å²) in [4.78, 5) is 16.3. The Labute approximate surface area is 123 Å². The summed E-state index contributed by atoms with van der Waals surface area (Å²) in [6.45, 7) is 6.27. The van der Waals surface area contributed by atoms with Crippen LogP contribution in [0.4, 0.5) is 0 Å². The second-order valence-corrected chi connectivity index (χ2v) is 6.52. The number of aromatic nitrogens is 3. The van der Waals surface area contributed by atoms with E-state index >= 15 is 0 Å². The Morgan fingerprint density at radius 3 is 2.81 bits per heavy atom. The van der Waals surface area contributed by atoms with Crippen molar-refractivity contribution in [2.45, 2.75) is 51.5 Å². The summed E-state index contributed by atoms with van der Waals surface area (Å²) in [5, 5.41) is 9.22. The Balaban J connectivity index is 2.16. The first-order chi connectivity index (χ1) is 9.91. The normalized spacial score (nSPS) is 23.0. The van der Waals surface area contributed by atoms with Crippen molar-refractivity contribution < 1.29 is 9.84 Å². The van der Waals surface area contributed by atoms with Crippen molar-refractivity contribution in [3.8, 4) is 0 Å². The molecule has 2 atom stereocenters. The molecule has 0 saturated carbocycles. The van der Waals surface area contributed by atoms with Crippen LogP contribution >= 0.6 is 0 Å². The lowest BCUT2D eigenvalue weighted by Crippen LogP contribution is -2.26. The standard InChI is InChI=1S/C15H21N3O3/c1-15(2,3)18-7-6-11(20)13-14(18)17(9-16-13)12-5-4-10(8-19)21-12/h6-7,9-10,12,19H,4-5,8H2,1-3H3/t10-,12+/m0/s1. The first-order valence-electron chi connectivity index (χ1n) is 7.27. The Hall–Kier alpha value is -1.66. The van der Waals surface area contributed by atoms with E-state index in [4.69, 9.17) is 4.74 Å². The third kappa shape index (κ3) is 2.38. The lowest BCUT2D eigenvalue weighted by Gasteiger charge is -2.26. The van der Waals surface area contributed by atoms with Gasteiger partial charge in [0.05, 0.1) is 19.0 Å². The van der Waals surface area contributed by atoms with Crippen molar-refractivity contribution in [3.63, 3.8) is 0 Å². The lowest BCUT2D eigenvalue weighted by molar-refractivity contribution is -0.0210. The molecule has 0 spiro atoms. The third-order valence-electron chi connectivity index (χ3n) is 3.93. The van der Waals surface area contributed by atoms with Crippen molar-refractivity contribution in [3.05, 3.63) is 28.8 Å². The van der Waals surface area contributed by atoms with Crippen LogP contribution in [0.2, 0.25) is 0 Å². The number of rotatable bonds is 2. The fourth-order valence-corrected chi connectivity index (χ4v) is 2.84. The molecule has 0 bridgehead atoms. The molecule has 3 heterocycles. The zero-order valence-corrected chi connectivity index (χ0v) is 12.6. The quantitative estimate of drug-likeness (QED) is 0.913. The van der Waals surface area contributed by atoms with Crippen LogP contribution in [-0.2, 0) is 10.3 Å². The van der Waals surface area contributed by atoms with E-state index in [1.807, 2.05) is 9.13 Å². The van der Waals surface area contributed by atoms with E-state index < -0.39 is 0 Å². The minimum atomic E-state index is -0.178. The summed E-state index contributed by atoms with van der Waals surface area (Å²) in [6.07, 6.45) is 4.78. The number of nitrogens with zero attached hydrogens (tertiary/aromatic N) is 3. The summed E-state index contributed by atoms with van der Waals surface area (Å²) in [5.41, 5.74) is 0.988. The molecular weight excluding hydrogens is 270 g/mol. The molecule has 6 nitrogen and oxygen atoms in total. The van der Waals surface area contributed by atoms with E-state index in [9.17, 15) is 9.90 Å². The zero-order chi connectivity index (χ0) is 15.2. The maximum absolute atomic E-state index is 12.0. The number of aliphatic hydroxyl groups excluding tert-OH is 1. The summed E-state index contributed by atoms with van der Waals surface area (Å²) >= 11 is 0. The van der Waals surface area contributed by atoms with Crippen LogP contribution in [-0.4, -0.2) is 31.9 Å². The largest absolute Gasteiger partial charge is 0.394 e. The number of aliphatic hydroxyl groups is 1. The Bertz CT molecular complexity index is 711. The molecule has 1 aliphatic rings. The molecule has 114 valence electrons. The van der Waals surface area contributed by atoms with E-state index in [0.717, 1.165) is 18.5 Å². The first-order valence-corrected chi connectivity index (χ1v) is 7.27. The van der Waals surface area contributed by atoms with Gasteiger partial charge in [0, 0.05) is 17.8 Å². The number of imidazole rings is 1. The molecule has 3 rings (SSSR count). The highest BCUT2D eigenvalue weighted by molar-refractivity contribution is 5.71. The second kappa shape index (κ2) is 4.96. The minimum Gasteiger partial charge on any atom is -0.394 e. The SMILES string of the molecule is CC(C)(C)n1ccc(=O)c2ncn([C@H]3CC[C@@H](CO)O3)c21. The van der Waals surface area contributed by atoms with Crippen LogP contribution in [0.1, 0.15) is 39.8 Å². The van der Waals surface area contributed by atoms with Gasteiger partial charge in [-0.25, -0.2) is 4.98 Å². The molecule has 0 aromatic carbocycles. The molecule has 1 aliphatic heterocycles. The number of hydrogen-bond acceptors (Lipinski definition) is 4. The lowest BCUT2D eigenvalue weighted by atomic mass is 10.1. The van der Waals surface area contributed by atoms with Gasteiger partial charge in [-0.05, 0) is 33.6 Å². The highest BCUT2D eigenvalue weighted by Crippen LogP contribution is 2.31. The van der Waals surface area contributed by atoms with Gasteiger partial charge in [0.15, 0.2) is 5.52 Å². The van der Waals surface area contributed by atoms with Gasteiger partial charge in [-0.1, -0.05) is 0 Å². The van der Waals surface area contributed by atoms with Gasteiger partial charge in [0.25, 0.3) is 0 Å².